The molecule has 0 aromatic heterocycles. The number of nitrogens with one attached hydrogen (secondary N) is 1. The lowest BCUT2D eigenvalue weighted by Crippen LogP contribution is -2.13. The van der Waals surface area contributed by atoms with E-state index in [2.05, 4.69) is 21.2 Å². The van der Waals surface area contributed by atoms with E-state index in [-0.39, 0.29) is 27.6 Å². The molecule has 25 heavy (non-hydrogen) atoms. The normalized spacial score (nSPS) is 10.8. The first kappa shape index (κ1) is 18.5. The molecule has 0 fully saturated rings. The highest BCUT2D eigenvalue weighted by molar-refractivity contribution is 9.10. The van der Waals surface area contributed by atoms with Gasteiger partial charge in [0.15, 0.2) is 0 Å². The molecule has 2 aromatic carbocycles. The Balaban J connectivity index is 2.29. The van der Waals surface area contributed by atoms with Gasteiger partial charge < -0.3 is 15.5 Å². The van der Waals surface area contributed by atoms with Crippen LogP contribution < -0.4 is 5.32 Å². The van der Waals surface area contributed by atoms with Gasteiger partial charge in [0.2, 0.25) is 0 Å². The molecule has 0 bridgehead atoms. The van der Waals surface area contributed by atoms with Crippen LogP contribution >= 0.6 is 27.5 Å². The third kappa shape index (κ3) is 4.59. The second kappa shape index (κ2) is 7.83. The number of aromatic carboxylic acids is 1. The summed E-state index contributed by atoms with van der Waals surface area (Å²) < 4.78 is 0.318. The standard InChI is InChI=1S/C17H10BrClN2O4/c18-13-5-9(6-14(19)15(13)22)4-11(8-20)16(23)21-12-3-1-2-10(7-12)17(24)25/h1-7,22H,(H,21,23)(H,24,25)/b11-4-. The molecule has 1 amide bonds. The van der Waals surface area contributed by atoms with Crippen LogP contribution in [0.2, 0.25) is 5.02 Å². The fourth-order valence-electron chi connectivity index (χ4n) is 1.91. The van der Waals surface area contributed by atoms with Crippen molar-refractivity contribution in [3.8, 4) is 11.8 Å². The van der Waals surface area contributed by atoms with Gasteiger partial charge in [-0.2, -0.15) is 5.26 Å². The number of aromatic hydroxyl groups is 1. The second-order valence-electron chi connectivity index (χ2n) is 4.84. The largest absolute Gasteiger partial charge is 0.505 e. The molecule has 0 radical (unpaired) electrons. The molecule has 0 saturated carbocycles. The van der Waals surface area contributed by atoms with Crippen molar-refractivity contribution in [2.75, 3.05) is 5.32 Å². The number of carbonyl (C=O) groups excluding carboxylic acids is 1. The maximum Gasteiger partial charge on any atom is 0.335 e. The van der Waals surface area contributed by atoms with E-state index in [1.807, 2.05) is 0 Å². The first-order valence-corrected chi connectivity index (χ1v) is 7.93. The third-order valence-electron chi connectivity index (χ3n) is 3.08. The first-order valence-electron chi connectivity index (χ1n) is 6.76. The molecule has 0 aliphatic carbocycles. The predicted octanol–water partition coefficient (Wildman–Crippen LogP) is 4.05. The fraction of sp³-hybridized carbons (Fsp3) is 0. The zero-order valence-electron chi connectivity index (χ0n) is 12.5. The molecule has 0 saturated heterocycles. The van der Waals surface area contributed by atoms with Gasteiger partial charge in [-0.15, -0.1) is 0 Å². The summed E-state index contributed by atoms with van der Waals surface area (Å²) in [5.74, 6) is -1.98. The number of carboxylic acids is 1. The number of phenols is 1. The lowest BCUT2D eigenvalue weighted by atomic mass is 10.1. The van der Waals surface area contributed by atoms with Gasteiger partial charge in [0.1, 0.15) is 17.4 Å². The molecule has 0 aliphatic heterocycles. The maximum atomic E-state index is 12.2. The summed E-state index contributed by atoms with van der Waals surface area (Å²) in [7, 11) is 0. The van der Waals surface area contributed by atoms with Crippen LogP contribution in [-0.4, -0.2) is 22.1 Å². The summed E-state index contributed by atoms with van der Waals surface area (Å²) in [6.45, 7) is 0. The van der Waals surface area contributed by atoms with Crippen molar-refractivity contribution in [3.05, 3.63) is 62.6 Å². The van der Waals surface area contributed by atoms with Gasteiger partial charge in [-0.3, -0.25) is 4.79 Å². The molecule has 0 aliphatic rings. The molecule has 2 aromatic rings. The average molecular weight is 422 g/mol. The molecule has 3 N–H and O–H groups in total. The van der Waals surface area contributed by atoms with Crippen molar-refractivity contribution >= 4 is 51.2 Å². The van der Waals surface area contributed by atoms with Crippen molar-refractivity contribution in [1.82, 2.24) is 0 Å². The van der Waals surface area contributed by atoms with Crippen molar-refractivity contribution in [2.45, 2.75) is 0 Å². The Labute approximate surface area is 156 Å². The van der Waals surface area contributed by atoms with Crippen LogP contribution in [0.1, 0.15) is 15.9 Å². The Bertz CT molecular complexity index is 911. The Hall–Kier alpha value is -2.82. The molecule has 6 nitrogen and oxygen atoms in total. The van der Waals surface area contributed by atoms with E-state index in [1.54, 1.807) is 6.07 Å². The number of amides is 1. The Kier molecular flexibility index (Phi) is 5.80. The minimum absolute atomic E-state index is 0.00883. The fourth-order valence-corrected chi connectivity index (χ4v) is 2.73. The average Bonchev–Trinajstić information content (AvgIpc) is 2.57. The summed E-state index contributed by atoms with van der Waals surface area (Å²) in [6.07, 6.45) is 1.30. The summed E-state index contributed by atoms with van der Waals surface area (Å²) in [4.78, 5) is 23.2. The number of halogens is 2. The number of carbonyl (C=O) groups is 2. The van der Waals surface area contributed by atoms with Crippen LogP contribution in [0.5, 0.6) is 5.75 Å². The van der Waals surface area contributed by atoms with Gasteiger partial charge in [-0.1, -0.05) is 17.7 Å². The summed E-state index contributed by atoms with van der Waals surface area (Å²) in [5.41, 5.74) is 0.473. The SMILES string of the molecule is N#C/C(=C/c1cc(Cl)c(O)c(Br)c1)C(=O)Nc1cccc(C(=O)O)c1. The molecule has 0 atom stereocenters. The number of hydrogen-bond acceptors (Lipinski definition) is 4. The smallest absolute Gasteiger partial charge is 0.335 e. The Morgan fingerprint density at radius 2 is 2.00 bits per heavy atom. The van der Waals surface area contributed by atoms with Gasteiger partial charge in [0.05, 0.1) is 15.1 Å². The van der Waals surface area contributed by atoms with Crippen molar-refractivity contribution in [3.63, 3.8) is 0 Å². The van der Waals surface area contributed by atoms with E-state index < -0.39 is 11.9 Å². The maximum absolute atomic E-state index is 12.2. The Morgan fingerprint density at radius 3 is 2.60 bits per heavy atom. The van der Waals surface area contributed by atoms with Gasteiger partial charge in [-0.05, 0) is 57.9 Å². The summed E-state index contributed by atoms with van der Waals surface area (Å²) in [6, 6.07) is 10.3. The van der Waals surface area contributed by atoms with E-state index in [0.29, 0.717) is 10.0 Å². The van der Waals surface area contributed by atoms with Crippen molar-refractivity contribution in [1.29, 1.82) is 5.26 Å². The number of hydrogen-bond donors (Lipinski definition) is 3. The zero-order valence-corrected chi connectivity index (χ0v) is 14.8. The molecular formula is C17H10BrClN2O4. The lowest BCUT2D eigenvalue weighted by molar-refractivity contribution is -0.112. The van der Waals surface area contributed by atoms with E-state index in [4.69, 9.17) is 16.7 Å². The predicted molar refractivity (Wildman–Crippen MR) is 96.4 cm³/mol. The highest BCUT2D eigenvalue weighted by Crippen LogP contribution is 2.33. The number of phenolic OH excluding ortho intramolecular Hbond substituents is 1. The minimum Gasteiger partial charge on any atom is -0.505 e. The van der Waals surface area contributed by atoms with Crippen LogP contribution in [0.4, 0.5) is 5.69 Å². The Morgan fingerprint density at radius 1 is 1.28 bits per heavy atom. The van der Waals surface area contributed by atoms with Gasteiger partial charge in [0, 0.05) is 5.69 Å². The topological polar surface area (TPSA) is 110 Å². The van der Waals surface area contributed by atoms with Crippen LogP contribution in [-0.2, 0) is 4.79 Å². The number of nitriles is 1. The first-order chi connectivity index (χ1) is 11.8. The zero-order chi connectivity index (χ0) is 18.6. The van der Waals surface area contributed by atoms with Crippen LogP contribution in [0, 0.1) is 11.3 Å². The monoisotopic (exact) mass is 420 g/mol. The number of rotatable bonds is 4. The quantitative estimate of drug-likeness (QED) is 0.509. The highest BCUT2D eigenvalue weighted by atomic mass is 79.9. The molecule has 0 spiro atoms. The van der Waals surface area contributed by atoms with Gasteiger partial charge >= 0.3 is 5.97 Å². The minimum atomic E-state index is -1.13. The molecule has 126 valence electrons. The molecular weight excluding hydrogens is 412 g/mol. The number of carboxylic acid groups (broad SMARTS) is 1. The lowest BCUT2D eigenvalue weighted by Gasteiger charge is -2.06. The van der Waals surface area contributed by atoms with Crippen molar-refractivity contribution < 1.29 is 19.8 Å². The van der Waals surface area contributed by atoms with Gasteiger partial charge in [0.25, 0.3) is 5.91 Å². The van der Waals surface area contributed by atoms with Crippen molar-refractivity contribution in [2.24, 2.45) is 0 Å². The van der Waals surface area contributed by atoms with E-state index >= 15 is 0 Å². The summed E-state index contributed by atoms with van der Waals surface area (Å²) >= 11 is 8.97. The second-order valence-corrected chi connectivity index (χ2v) is 6.10. The molecule has 0 unspecified atom stereocenters. The number of nitrogens with zero attached hydrogens (tertiary/aromatic N) is 1. The summed E-state index contributed by atoms with van der Waals surface area (Å²) in [5, 5.41) is 30.3. The molecule has 2 rings (SSSR count). The van der Waals surface area contributed by atoms with E-state index in [0.717, 1.165) is 0 Å². The molecule has 0 heterocycles. The van der Waals surface area contributed by atoms with Crippen LogP contribution in [0.25, 0.3) is 6.08 Å². The van der Waals surface area contributed by atoms with E-state index in [1.165, 1.54) is 42.5 Å². The van der Waals surface area contributed by atoms with Crippen LogP contribution in [0.3, 0.4) is 0 Å². The number of benzene rings is 2. The van der Waals surface area contributed by atoms with Crippen LogP contribution in [0.15, 0.2) is 46.4 Å². The third-order valence-corrected chi connectivity index (χ3v) is 3.98. The number of anilines is 1. The van der Waals surface area contributed by atoms with E-state index in [9.17, 15) is 20.0 Å². The van der Waals surface area contributed by atoms with Gasteiger partial charge in [-0.25, -0.2) is 4.79 Å². The highest BCUT2D eigenvalue weighted by Gasteiger charge is 2.12. The molecule has 8 heteroatoms.